The van der Waals surface area contributed by atoms with Gasteiger partial charge in [-0.25, -0.2) is 8.42 Å². The fraction of sp³-hybridized carbons (Fsp3) is 0.400. The van der Waals surface area contributed by atoms with Gasteiger partial charge in [0.25, 0.3) is 15.7 Å². The molecule has 29 heavy (non-hydrogen) atoms. The highest BCUT2D eigenvalue weighted by Gasteiger charge is 2.30. The quantitative estimate of drug-likeness (QED) is 0.491. The van der Waals surface area contributed by atoms with E-state index >= 15 is 0 Å². The normalized spacial score (nSPS) is 12.7. The van der Waals surface area contributed by atoms with Crippen LogP contribution in [0.4, 0.5) is 11.4 Å². The van der Waals surface area contributed by atoms with Crippen LogP contribution in [0.1, 0.15) is 52.7 Å². The van der Waals surface area contributed by atoms with Crippen molar-refractivity contribution >= 4 is 33.0 Å². The first kappa shape index (κ1) is 23.0. The Labute approximate surface area is 175 Å². The Morgan fingerprint density at radius 2 is 1.62 bits per heavy atom. The molecule has 0 saturated heterocycles. The molecule has 2 aromatic rings. The topological polar surface area (TPSA) is 110 Å². The highest BCUT2D eigenvalue weighted by atomic mass is 35.5. The van der Waals surface area contributed by atoms with Crippen LogP contribution in [0.5, 0.6) is 5.75 Å². The molecule has 0 aliphatic heterocycles. The minimum absolute atomic E-state index is 0.0184. The number of anilines is 1. The Hall–Kier alpha value is -2.32. The summed E-state index contributed by atoms with van der Waals surface area (Å²) in [6, 6.07) is 6.67. The Balaban J connectivity index is 2.64. The molecule has 158 valence electrons. The van der Waals surface area contributed by atoms with Gasteiger partial charge in [0.15, 0.2) is 0 Å². The molecule has 0 atom stereocenters. The fourth-order valence-corrected chi connectivity index (χ4v) is 4.22. The molecule has 0 unspecified atom stereocenters. The second-order valence-electron chi connectivity index (χ2n) is 8.90. The number of nitro benzene ring substituents is 1. The van der Waals surface area contributed by atoms with Crippen molar-refractivity contribution < 1.29 is 18.4 Å². The highest BCUT2D eigenvalue weighted by Crippen LogP contribution is 2.40. The van der Waals surface area contributed by atoms with Gasteiger partial charge in [-0.05, 0) is 28.5 Å². The summed E-state index contributed by atoms with van der Waals surface area (Å²) in [5.41, 5.74) is 0.111. The van der Waals surface area contributed by atoms with Crippen molar-refractivity contribution in [3.8, 4) is 5.75 Å². The van der Waals surface area contributed by atoms with E-state index in [1.807, 2.05) is 47.6 Å². The molecular formula is C20H25ClN2O5S. The average molecular weight is 441 g/mol. The van der Waals surface area contributed by atoms with Crippen LogP contribution in [0.2, 0.25) is 5.02 Å². The molecule has 0 saturated carbocycles. The van der Waals surface area contributed by atoms with E-state index in [9.17, 15) is 23.6 Å². The first-order valence-electron chi connectivity index (χ1n) is 8.89. The van der Waals surface area contributed by atoms with Crippen molar-refractivity contribution in [2.75, 3.05) is 4.72 Å². The predicted molar refractivity (Wildman–Crippen MR) is 114 cm³/mol. The van der Waals surface area contributed by atoms with Gasteiger partial charge in [-0.1, -0.05) is 59.2 Å². The summed E-state index contributed by atoms with van der Waals surface area (Å²) in [5, 5.41) is 21.5. The number of sulfonamides is 1. The van der Waals surface area contributed by atoms with Gasteiger partial charge in [-0.3, -0.25) is 14.8 Å². The summed E-state index contributed by atoms with van der Waals surface area (Å²) in [7, 11) is -4.22. The lowest BCUT2D eigenvalue weighted by atomic mass is 9.80. The lowest BCUT2D eigenvalue weighted by molar-refractivity contribution is -0.384. The van der Waals surface area contributed by atoms with E-state index in [0.29, 0.717) is 5.56 Å². The molecule has 0 aliphatic rings. The van der Waals surface area contributed by atoms with Gasteiger partial charge < -0.3 is 5.11 Å². The van der Waals surface area contributed by atoms with Crippen LogP contribution in [0.15, 0.2) is 35.2 Å². The third-order valence-electron chi connectivity index (χ3n) is 4.45. The third-order valence-corrected chi connectivity index (χ3v) is 6.14. The number of phenols is 1. The van der Waals surface area contributed by atoms with E-state index in [2.05, 4.69) is 4.72 Å². The van der Waals surface area contributed by atoms with Gasteiger partial charge >= 0.3 is 0 Å². The zero-order chi connectivity index (χ0) is 22.4. The monoisotopic (exact) mass is 440 g/mol. The summed E-state index contributed by atoms with van der Waals surface area (Å²) in [4.78, 5) is 9.95. The van der Waals surface area contributed by atoms with Crippen molar-refractivity contribution in [2.45, 2.75) is 57.3 Å². The Morgan fingerprint density at radius 3 is 2.07 bits per heavy atom. The maximum atomic E-state index is 13.1. The molecule has 2 N–H and O–H groups in total. The van der Waals surface area contributed by atoms with Crippen LogP contribution < -0.4 is 4.72 Å². The van der Waals surface area contributed by atoms with Gasteiger partial charge in [-0.15, -0.1) is 0 Å². The lowest BCUT2D eigenvalue weighted by Crippen LogP contribution is -2.20. The number of nitro groups is 1. The highest BCUT2D eigenvalue weighted by molar-refractivity contribution is 7.92. The van der Waals surface area contributed by atoms with Crippen LogP contribution in [0.25, 0.3) is 0 Å². The van der Waals surface area contributed by atoms with E-state index in [-0.39, 0.29) is 32.5 Å². The maximum Gasteiger partial charge on any atom is 0.271 e. The van der Waals surface area contributed by atoms with Crippen molar-refractivity contribution in [1.82, 2.24) is 0 Å². The molecule has 0 aromatic heterocycles. The van der Waals surface area contributed by atoms with E-state index in [4.69, 9.17) is 11.6 Å². The minimum Gasteiger partial charge on any atom is -0.506 e. The summed E-state index contributed by atoms with van der Waals surface area (Å²) in [5.74, 6) is -0.337. The molecule has 0 heterocycles. The Bertz CT molecular complexity index is 1070. The molecule has 0 aliphatic carbocycles. The van der Waals surface area contributed by atoms with E-state index < -0.39 is 20.4 Å². The molecule has 2 rings (SSSR count). The molecule has 0 fully saturated rings. The van der Waals surface area contributed by atoms with Crippen LogP contribution >= 0.6 is 11.6 Å². The van der Waals surface area contributed by atoms with Crippen molar-refractivity contribution in [1.29, 1.82) is 0 Å². The number of halogens is 1. The summed E-state index contributed by atoms with van der Waals surface area (Å²) >= 11 is 6.02. The van der Waals surface area contributed by atoms with Crippen LogP contribution in [0, 0.1) is 10.1 Å². The standard InChI is InChI=1S/C20H25ClN2O5S/c1-19(2,3)12-9-14(20(4,5)6)18(24)17(10-12)29(27,28)22-16-8-7-13(23(25)26)11-15(16)21/h7-11,22,24H,1-6H3. The number of rotatable bonds is 4. The number of aromatic hydroxyl groups is 1. The molecule has 0 bridgehead atoms. The Kier molecular flexibility index (Phi) is 5.94. The molecule has 0 amide bonds. The number of hydrogen-bond acceptors (Lipinski definition) is 5. The number of nitrogens with zero attached hydrogens (tertiary/aromatic N) is 1. The molecule has 2 aromatic carbocycles. The van der Waals surface area contributed by atoms with E-state index in [0.717, 1.165) is 17.7 Å². The molecule has 9 heteroatoms. The average Bonchev–Trinajstić information content (AvgIpc) is 2.54. The van der Waals surface area contributed by atoms with Gasteiger partial charge in [0, 0.05) is 17.7 Å². The molecule has 7 nitrogen and oxygen atoms in total. The summed E-state index contributed by atoms with van der Waals surface area (Å²) in [6.07, 6.45) is 0. The molecule has 0 spiro atoms. The smallest absolute Gasteiger partial charge is 0.271 e. The van der Waals surface area contributed by atoms with Gasteiger partial charge in [0.2, 0.25) is 0 Å². The number of phenolic OH excluding ortho intramolecular Hbond substituents is 1. The van der Waals surface area contributed by atoms with Crippen molar-refractivity contribution in [3.63, 3.8) is 0 Å². The SMILES string of the molecule is CC(C)(C)c1cc(C(C)(C)C)c(O)c(S(=O)(=O)Nc2ccc([N+](=O)[O-])cc2Cl)c1. The van der Waals surface area contributed by atoms with Crippen molar-refractivity contribution in [3.05, 3.63) is 56.6 Å². The van der Waals surface area contributed by atoms with Gasteiger partial charge in [0.05, 0.1) is 15.6 Å². The summed E-state index contributed by atoms with van der Waals surface area (Å²) in [6.45, 7) is 11.5. The van der Waals surface area contributed by atoms with Crippen LogP contribution in [-0.4, -0.2) is 18.4 Å². The zero-order valence-corrected chi connectivity index (χ0v) is 18.8. The second kappa shape index (κ2) is 7.50. The number of benzene rings is 2. The van der Waals surface area contributed by atoms with E-state index in [1.54, 1.807) is 0 Å². The third kappa shape index (κ3) is 5.00. The number of non-ortho nitro benzene ring substituents is 1. The largest absolute Gasteiger partial charge is 0.506 e. The first-order chi connectivity index (χ1) is 13.0. The molecule has 0 radical (unpaired) electrons. The van der Waals surface area contributed by atoms with Crippen LogP contribution in [-0.2, 0) is 20.9 Å². The van der Waals surface area contributed by atoms with Crippen LogP contribution in [0.3, 0.4) is 0 Å². The Morgan fingerprint density at radius 1 is 1.03 bits per heavy atom. The minimum atomic E-state index is -4.22. The van der Waals surface area contributed by atoms with Gasteiger partial charge in [-0.2, -0.15) is 0 Å². The number of nitrogens with one attached hydrogen (secondary N) is 1. The number of hydrogen-bond donors (Lipinski definition) is 2. The fourth-order valence-electron chi connectivity index (χ4n) is 2.72. The summed E-state index contributed by atoms with van der Waals surface area (Å²) < 4.78 is 28.5. The van der Waals surface area contributed by atoms with Gasteiger partial charge in [0.1, 0.15) is 10.6 Å². The van der Waals surface area contributed by atoms with Crippen molar-refractivity contribution in [2.24, 2.45) is 0 Å². The lowest BCUT2D eigenvalue weighted by Gasteiger charge is -2.27. The maximum absolute atomic E-state index is 13.1. The second-order valence-corrected chi connectivity index (χ2v) is 11.0. The predicted octanol–water partition coefficient (Wildman–Crippen LogP) is 5.35. The zero-order valence-electron chi connectivity index (χ0n) is 17.2. The first-order valence-corrected chi connectivity index (χ1v) is 10.7. The molecular weight excluding hydrogens is 416 g/mol. The van der Waals surface area contributed by atoms with E-state index in [1.165, 1.54) is 12.1 Å².